The van der Waals surface area contributed by atoms with Crippen LogP contribution in [0, 0.1) is 0 Å². The molecular weight excluding hydrogens is 274 g/mol. The van der Waals surface area contributed by atoms with Crippen molar-refractivity contribution >= 4 is 23.2 Å². The highest BCUT2D eigenvalue weighted by Gasteiger charge is 2.04. The lowest BCUT2D eigenvalue weighted by Gasteiger charge is -2.06. The van der Waals surface area contributed by atoms with Crippen LogP contribution in [-0.2, 0) is 17.6 Å². The number of halogens is 1. The van der Waals surface area contributed by atoms with Crippen LogP contribution in [0.25, 0.3) is 0 Å². The van der Waals surface area contributed by atoms with Gasteiger partial charge in [-0.3, -0.25) is 4.79 Å². The van der Waals surface area contributed by atoms with Crippen LogP contribution < -0.4 is 5.32 Å². The molecule has 0 bridgehead atoms. The summed E-state index contributed by atoms with van der Waals surface area (Å²) < 4.78 is 0. The Hall–Kier alpha value is -1.84. The van der Waals surface area contributed by atoms with Gasteiger partial charge in [-0.1, -0.05) is 35.9 Å². The van der Waals surface area contributed by atoms with Crippen molar-refractivity contribution in [2.24, 2.45) is 0 Å². The first-order chi connectivity index (χ1) is 9.67. The third kappa shape index (κ3) is 4.37. The first-order valence-electron chi connectivity index (χ1n) is 6.41. The van der Waals surface area contributed by atoms with Crippen LogP contribution in [-0.4, -0.2) is 17.6 Å². The molecule has 0 radical (unpaired) electrons. The number of aliphatic hydroxyl groups is 1. The van der Waals surface area contributed by atoms with Gasteiger partial charge in [0.25, 0.3) is 0 Å². The maximum Gasteiger partial charge on any atom is 0.228 e. The molecule has 4 heteroatoms. The zero-order valence-corrected chi connectivity index (χ0v) is 11.7. The maximum absolute atomic E-state index is 11.9. The van der Waals surface area contributed by atoms with E-state index in [9.17, 15) is 4.79 Å². The summed E-state index contributed by atoms with van der Waals surface area (Å²) in [5.74, 6) is -0.0813. The minimum Gasteiger partial charge on any atom is -0.396 e. The van der Waals surface area contributed by atoms with Crippen LogP contribution in [0.5, 0.6) is 0 Å². The molecule has 0 aromatic heterocycles. The summed E-state index contributed by atoms with van der Waals surface area (Å²) in [6.45, 7) is 0.125. The summed E-state index contributed by atoms with van der Waals surface area (Å²) in [7, 11) is 0. The largest absolute Gasteiger partial charge is 0.396 e. The molecule has 0 fully saturated rings. The zero-order chi connectivity index (χ0) is 14.4. The number of aliphatic hydroxyl groups excluding tert-OH is 1. The number of carbonyl (C=O) groups is 1. The molecule has 0 saturated heterocycles. The number of amides is 1. The van der Waals surface area contributed by atoms with Crippen molar-refractivity contribution in [3.05, 3.63) is 64.7 Å². The fourth-order valence-corrected chi connectivity index (χ4v) is 2.13. The lowest BCUT2D eigenvalue weighted by molar-refractivity contribution is -0.115. The van der Waals surface area contributed by atoms with Gasteiger partial charge in [0.2, 0.25) is 5.91 Å². The highest BCUT2D eigenvalue weighted by atomic mass is 35.5. The second-order valence-electron chi connectivity index (χ2n) is 4.53. The zero-order valence-electron chi connectivity index (χ0n) is 11.0. The Morgan fingerprint density at radius 2 is 1.85 bits per heavy atom. The average Bonchev–Trinajstić information content (AvgIpc) is 2.41. The standard InChI is InChI=1S/C16H16ClNO2/c17-14-3-1-2-13(10-14)11-16(20)18-15-6-4-12(5-7-15)8-9-19/h1-7,10,19H,8-9,11H2,(H,18,20). The predicted octanol–water partition coefficient (Wildman–Crippen LogP) is 3.06. The topological polar surface area (TPSA) is 49.3 Å². The summed E-state index contributed by atoms with van der Waals surface area (Å²) in [5.41, 5.74) is 2.67. The number of carbonyl (C=O) groups excluding carboxylic acids is 1. The second kappa shape index (κ2) is 7.08. The molecule has 2 aromatic carbocycles. The molecule has 2 rings (SSSR count). The van der Waals surface area contributed by atoms with E-state index in [0.717, 1.165) is 16.8 Å². The van der Waals surface area contributed by atoms with Crippen molar-refractivity contribution in [1.82, 2.24) is 0 Å². The summed E-state index contributed by atoms with van der Waals surface area (Å²) in [6.07, 6.45) is 0.912. The van der Waals surface area contributed by atoms with Crippen molar-refractivity contribution in [1.29, 1.82) is 0 Å². The highest BCUT2D eigenvalue weighted by Crippen LogP contribution is 2.13. The average molecular weight is 290 g/mol. The van der Waals surface area contributed by atoms with Gasteiger partial charge in [0, 0.05) is 17.3 Å². The fourth-order valence-electron chi connectivity index (χ4n) is 1.92. The number of benzene rings is 2. The van der Waals surface area contributed by atoms with Crippen LogP contribution in [0.15, 0.2) is 48.5 Å². The van der Waals surface area contributed by atoms with Crippen molar-refractivity contribution in [3.63, 3.8) is 0 Å². The van der Waals surface area contributed by atoms with Crippen molar-refractivity contribution in [3.8, 4) is 0 Å². The van der Waals surface area contributed by atoms with E-state index in [1.807, 2.05) is 36.4 Å². The molecule has 0 spiro atoms. The molecule has 0 atom stereocenters. The first kappa shape index (κ1) is 14.6. The molecule has 0 aliphatic heterocycles. The van der Waals surface area contributed by atoms with Gasteiger partial charge in [0.15, 0.2) is 0 Å². The van der Waals surface area contributed by atoms with E-state index in [-0.39, 0.29) is 12.5 Å². The number of hydrogen-bond acceptors (Lipinski definition) is 2. The normalized spacial score (nSPS) is 10.3. The Bertz CT molecular complexity index is 581. The van der Waals surface area contributed by atoms with Crippen LogP contribution >= 0.6 is 11.6 Å². The van der Waals surface area contributed by atoms with Gasteiger partial charge in [0.05, 0.1) is 6.42 Å². The van der Waals surface area contributed by atoms with Crippen molar-refractivity contribution < 1.29 is 9.90 Å². The minimum atomic E-state index is -0.0813. The van der Waals surface area contributed by atoms with Crippen LogP contribution in [0.3, 0.4) is 0 Å². The van der Waals surface area contributed by atoms with E-state index in [1.165, 1.54) is 0 Å². The molecule has 0 aliphatic rings. The number of nitrogens with one attached hydrogen (secondary N) is 1. The Labute approximate surface area is 123 Å². The fraction of sp³-hybridized carbons (Fsp3) is 0.188. The number of hydrogen-bond donors (Lipinski definition) is 2. The van der Waals surface area contributed by atoms with Crippen LogP contribution in [0.4, 0.5) is 5.69 Å². The Morgan fingerprint density at radius 1 is 1.10 bits per heavy atom. The monoisotopic (exact) mass is 289 g/mol. The predicted molar refractivity (Wildman–Crippen MR) is 81.0 cm³/mol. The molecule has 1 amide bonds. The maximum atomic E-state index is 11.9. The summed E-state index contributed by atoms with van der Waals surface area (Å²) in [4.78, 5) is 11.9. The Kier molecular flexibility index (Phi) is 5.16. The smallest absolute Gasteiger partial charge is 0.228 e. The molecule has 0 saturated carbocycles. The molecule has 104 valence electrons. The summed E-state index contributed by atoms with van der Waals surface area (Å²) in [6, 6.07) is 14.7. The highest BCUT2D eigenvalue weighted by molar-refractivity contribution is 6.30. The Balaban J connectivity index is 1.94. The van der Waals surface area contributed by atoms with Crippen LogP contribution in [0.1, 0.15) is 11.1 Å². The van der Waals surface area contributed by atoms with E-state index in [4.69, 9.17) is 16.7 Å². The molecule has 20 heavy (non-hydrogen) atoms. The molecular formula is C16H16ClNO2. The third-order valence-corrected chi connectivity index (χ3v) is 3.13. The molecule has 2 aromatic rings. The third-order valence-electron chi connectivity index (χ3n) is 2.89. The van der Waals surface area contributed by atoms with Gasteiger partial charge in [-0.25, -0.2) is 0 Å². The molecule has 0 aliphatic carbocycles. The quantitative estimate of drug-likeness (QED) is 0.889. The lowest BCUT2D eigenvalue weighted by atomic mass is 10.1. The van der Waals surface area contributed by atoms with Gasteiger partial charge in [0.1, 0.15) is 0 Å². The van der Waals surface area contributed by atoms with E-state index >= 15 is 0 Å². The summed E-state index contributed by atoms with van der Waals surface area (Å²) >= 11 is 5.88. The number of anilines is 1. The SMILES string of the molecule is O=C(Cc1cccc(Cl)c1)Nc1ccc(CCO)cc1. The lowest BCUT2D eigenvalue weighted by Crippen LogP contribution is -2.14. The van der Waals surface area contributed by atoms with Crippen LogP contribution in [0.2, 0.25) is 5.02 Å². The van der Waals surface area contributed by atoms with Gasteiger partial charge >= 0.3 is 0 Å². The summed E-state index contributed by atoms with van der Waals surface area (Å²) in [5, 5.41) is 12.3. The van der Waals surface area contributed by atoms with E-state index in [1.54, 1.807) is 12.1 Å². The Morgan fingerprint density at radius 3 is 2.50 bits per heavy atom. The van der Waals surface area contributed by atoms with Gasteiger partial charge in [-0.05, 0) is 41.8 Å². The molecule has 3 nitrogen and oxygen atoms in total. The van der Waals surface area contributed by atoms with Gasteiger partial charge in [-0.15, -0.1) is 0 Å². The molecule has 0 heterocycles. The second-order valence-corrected chi connectivity index (χ2v) is 4.96. The first-order valence-corrected chi connectivity index (χ1v) is 6.79. The molecule has 2 N–H and O–H groups in total. The van der Waals surface area contributed by atoms with Crippen molar-refractivity contribution in [2.45, 2.75) is 12.8 Å². The van der Waals surface area contributed by atoms with Crippen molar-refractivity contribution in [2.75, 3.05) is 11.9 Å². The van der Waals surface area contributed by atoms with E-state index < -0.39 is 0 Å². The van der Waals surface area contributed by atoms with Gasteiger partial charge < -0.3 is 10.4 Å². The van der Waals surface area contributed by atoms with E-state index in [2.05, 4.69) is 5.32 Å². The van der Waals surface area contributed by atoms with E-state index in [0.29, 0.717) is 17.9 Å². The minimum absolute atomic E-state index is 0.0813. The van der Waals surface area contributed by atoms with Gasteiger partial charge in [-0.2, -0.15) is 0 Å². The molecule has 0 unspecified atom stereocenters. The number of rotatable bonds is 5.